The van der Waals surface area contributed by atoms with Crippen molar-refractivity contribution in [2.75, 3.05) is 42.0 Å². The summed E-state index contributed by atoms with van der Waals surface area (Å²) in [5, 5.41) is 0. The molecular weight excluding hydrogens is 330 g/mol. The lowest BCUT2D eigenvalue weighted by atomic mass is 9.87. The quantitative estimate of drug-likeness (QED) is 0.791. The number of fused-ring (bicyclic) bond motifs is 1. The van der Waals surface area contributed by atoms with E-state index in [4.69, 9.17) is 18.9 Å². The van der Waals surface area contributed by atoms with Crippen LogP contribution in [0.5, 0.6) is 23.0 Å². The van der Waals surface area contributed by atoms with Gasteiger partial charge in [-0.25, -0.2) is 0 Å². The zero-order chi connectivity index (χ0) is 18.7. The molecule has 0 N–H and O–H groups in total. The lowest BCUT2D eigenvalue weighted by Crippen LogP contribution is -2.34. The van der Waals surface area contributed by atoms with E-state index in [2.05, 4.69) is 30.1 Å². The van der Waals surface area contributed by atoms with Crippen molar-refractivity contribution in [3.8, 4) is 23.0 Å². The van der Waals surface area contributed by atoms with Gasteiger partial charge in [0.1, 0.15) is 5.75 Å². The van der Waals surface area contributed by atoms with Gasteiger partial charge in [-0.3, -0.25) is 4.90 Å². The molecule has 0 bridgehead atoms. The van der Waals surface area contributed by atoms with Gasteiger partial charge in [0.25, 0.3) is 0 Å². The van der Waals surface area contributed by atoms with Gasteiger partial charge in [-0.05, 0) is 49.2 Å². The topological polar surface area (TPSA) is 40.2 Å². The average molecular weight is 357 g/mol. The molecule has 1 aliphatic rings. The summed E-state index contributed by atoms with van der Waals surface area (Å²) in [6.07, 6.45) is 1.85. The standard InChI is InChI=1S/C21H27NO4/c1-22-11-10-15-13-18(24-3)20(25-4)21(26-5)19(15)17(22)12-14-6-8-16(23-2)9-7-14/h6-9,13,17H,10-12H2,1-5H3. The Labute approximate surface area is 155 Å². The van der Waals surface area contributed by atoms with Gasteiger partial charge in [-0.15, -0.1) is 0 Å². The van der Waals surface area contributed by atoms with Gasteiger partial charge in [0.2, 0.25) is 5.75 Å². The van der Waals surface area contributed by atoms with Crippen molar-refractivity contribution in [3.63, 3.8) is 0 Å². The predicted molar refractivity (Wildman–Crippen MR) is 102 cm³/mol. The Kier molecular flexibility index (Phi) is 5.57. The highest BCUT2D eigenvalue weighted by atomic mass is 16.5. The highest BCUT2D eigenvalue weighted by Gasteiger charge is 2.32. The van der Waals surface area contributed by atoms with E-state index in [1.807, 2.05) is 12.1 Å². The van der Waals surface area contributed by atoms with Crippen LogP contribution in [0.15, 0.2) is 30.3 Å². The molecule has 1 atom stereocenters. The van der Waals surface area contributed by atoms with Gasteiger partial charge in [0, 0.05) is 18.2 Å². The lowest BCUT2D eigenvalue weighted by Gasteiger charge is -2.36. The maximum atomic E-state index is 5.78. The third-order valence-electron chi connectivity index (χ3n) is 5.14. The first-order valence-electron chi connectivity index (χ1n) is 8.77. The molecule has 3 rings (SSSR count). The third kappa shape index (κ3) is 3.31. The minimum absolute atomic E-state index is 0.210. The van der Waals surface area contributed by atoms with E-state index in [-0.39, 0.29) is 6.04 Å². The Hall–Kier alpha value is -2.40. The van der Waals surface area contributed by atoms with Gasteiger partial charge in [0.15, 0.2) is 11.5 Å². The zero-order valence-electron chi connectivity index (χ0n) is 16.2. The fourth-order valence-electron chi connectivity index (χ4n) is 3.72. The van der Waals surface area contributed by atoms with Gasteiger partial charge in [0.05, 0.1) is 28.4 Å². The fraction of sp³-hybridized carbons (Fsp3) is 0.429. The third-order valence-corrected chi connectivity index (χ3v) is 5.14. The van der Waals surface area contributed by atoms with Crippen molar-refractivity contribution in [3.05, 3.63) is 47.0 Å². The first kappa shape index (κ1) is 18.4. The lowest BCUT2D eigenvalue weighted by molar-refractivity contribution is 0.219. The summed E-state index contributed by atoms with van der Waals surface area (Å²) in [4.78, 5) is 2.38. The van der Waals surface area contributed by atoms with Crippen LogP contribution in [-0.4, -0.2) is 46.9 Å². The van der Waals surface area contributed by atoms with Gasteiger partial charge < -0.3 is 18.9 Å². The smallest absolute Gasteiger partial charge is 0.203 e. The summed E-state index contributed by atoms with van der Waals surface area (Å²) in [7, 11) is 8.85. The summed E-state index contributed by atoms with van der Waals surface area (Å²) < 4.78 is 22.2. The van der Waals surface area contributed by atoms with Crippen molar-refractivity contribution >= 4 is 0 Å². The highest BCUT2D eigenvalue weighted by Crippen LogP contribution is 2.48. The van der Waals surface area contributed by atoms with Crippen molar-refractivity contribution in [1.29, 1.82) is 0 Å². The van der Waals surface area contributed by atoms with Crippen LogP contribution in [0.3, 0.4) is 0 Å². The van der Waals surface area contributed by atoms with Crippen molar-refractivity contribution in [2.24, 2.45) is 0 Å². The maximum absolute atomic E-state index is 5.78. The Bertz CT molecular complexity index is 758. The Morgan fingerprint density at radius 1 is 0.923 bits per heavy atom. The predicted octanol–water partition coefficient (Wildman–Crippen LogP) is 3.49. The van der Waals surface area contributed by atoms with Gasteiger partial charge in [-0.1, -0.05) is 12.1 Å². The van der Waals surface area contributed by atoms with Crippen molar-refractivity contribution < 1.29 is 18.9 Å². The number of ether oxygens (including phenoxy) is 4. The molecule has 0 fully saturated rings. The monoisotopic (exact) mass is 357 g/mol. The van der Waals surface area contributed by atoms with Crippen LogP contribution in [-0.2, 0) is 12.8 Å². The van der Waals surface area contributed by atoms with Gasteiger partial charge >= 0.3 is 0 Å². The number of rotatable bonds is 6. The molecule has 2 aromatic rings. The maximum Gasteiger partial charge on any atom is 0.203 e. The summed E-state index contributed by atoms with van der Waals surface area (Å²) >= 11 is 0. The number of hydrogen-bond acceptors (Lipinski definition) is 5. The SMILES string of the molecule is COc1ccc(CC2c3c(cc(OC)c(OC)c3OC)CCN2C)cc1. The van der Waals surface area contributed by atoms with Crippen LogP contribution in [0.1, 0.15) is 22.7 Å². The van der Waals surface area contributed by atoms with E-state index in [0.29, 0.717) is 5.75 Å². The molecule has 2 aromatic carbocycles. The van der Waals surface area contributed by atoms with Crippen molar-refractivity contribution in [1.82, 2.24) is 4.90 Å². The van der Waals surface area contributed by atoms with E-state index >= 15 is 0 Å². The Morgan fingerprint density at radius 2 is 1.62 bits per heavy atom. The van der Waals surface area contributed by atoms with E-state index in [9.17, 15) is 0 Å². The zero-order valence-corrected chi connectivity index (χ0v) is 16.2. The van der Waals surface area contributed by atoms with Crippen LogP contribution >= 0.6 is 0 Å². The molecule has 0 aliphatic carbocycles. The number of nitrogens with zero attached hydrogens (tertiary/aromatic N) is 1. The molecule has 0 spiro atoms. The first-order valence-corrected chi connectivity index (χ1v) is 8.77. The van der Waals surface area contributed by atoms with Crippen LogP contribution in [0, 0.1) is 0 Å². The van der Waals surface area contributed by atoms with Crippen LogP contribution < -0.4 is 18.9 Å². The molecule has 1 unspecified atom stereocenters. The molecule has 5 nitrogen and oxygen atoms in total. The second-order valence-electron chi connectivity index (χ2n) is 6.52. The van der Waals surface area contributed by atoms with Crippen molar-refractivity contribution in [2.45, 2.75) is 18.9 Å². The largest absolute Gasteiger partial charge is 0.497 e. The average Bonchev–Trinajstić information content (AvgIpc) is 2.68. The Balaban J connectivity index is 2.05. The molecule has 1 aliphatic heterocycles. The Morgan fingerprint density at radius 3 is 2.19 bits per heavy atom. The summed E-state index contributed by atoms with van der Waals surface area (Å²) in [5.41, 5.74) is 3.71. The molecule has 0 saturated heterocycles. The minimum Gasteiger partial charge on any atom is -0.497 e. The van der Waals surface area contributed by atoms with Crippen LogP contribution in [0.25, 0.3) is 0 Å². The van der Waals surface area contributed by atoms with E-state index in [1.165, 1.54) is 16.7 Å². The number of likely N-dealkylation sites (N-methyl/N-ethyl adjacent to an activating group) is 1. The molecule has 0 saturated carbocycles. The van der Waals surface area contributed by atoms with E-state index in [0.717, 1.165) is 36.6 Å². The van der Waals surface area contributed by atoms with Crippen LogP contribution in [0.4, 0.5) is 0 Å². The summed E-state index contributed by atoms with van der Waals surface area (Å²) in [6.45, 7) is 0.993. The summed E-state index contributed by atoms with van der Waals surface area (Å²) in [6, 6.07) is 10.5. The van der Waals surface area contributed by atoms with E-state index < -0.39 is 0 Å². The minimum atomic E-state index is 0.210. The number of benzene rings is 2. The number of methoxy groups -OCH3 is 4. The molecule has 140 valence electrons. The summed E-state index contributed by atoms with van der Waals surface area (Å²) in [5.74, 6) is 3.02. The fourth-order valence-corrected chi connectivity index (χ4v) is 3.72. The molecule has 26 heavy (non-hydrogen) atoms. The van der Waals surface area contributed by atoms with Crippen LogP contribution in [0.2, 0.25) is 0 Å². The molecule has 1 heterocycles. The highest BCUT2D eigenvalue weighted by molar-refractivity contribution is 5.61. The molecule has 5 heteroatoms. The second kappa shape index (κ2) is 7.87. The first-order chi connectivity index (χ1) is 12.6. The normalized spacial score (nSPS) is 16.7. The van der Waals surface area contributed by atoms with E-state index in [1.54, 1.807) is 28.4 Å². The molecule has 0 aromatic heterocycles. The molecular formula is C21H27NO4. The number of hydrogen-bond donors (Lipinski definition) is 0. The van der Waals surface area contributed by atoms with Gasteiger partial charge in [-0.2, -0.15) is 0 Å². The molecule has 0 amide bonds. The second-order valence-corrected chi connectivity index (χ2v) is 6.52. The molecule has 0 radical (unpaired) electrons.